The first-order valence-electron chi connectivity index (χ1n) is 9.79. The molecule has 0 spiro atoms. The van der Waals surface area contributed by atoms with Crippen LogP contribution >= 0.6 is 0 Å². The van der Waals surface area contributed by atoms with Crippen molar-refractivity contribution in [2.45, 2.75) is 25.6 Å². The Bertz CT molecular complexity index is 1250. The lowest BCUT2D eigenvalue weighted by atomic mass is 10.1. The Morgan fingerprint density at radius 1 is 1.00 bits per heavy atom. The first-order chi connectivity index (χ1) is 15.3. The van der Waals surface area contributed by atoms with E-state index in [9.17, 15) is 22.8 Å². The molecule has 32 heavy (non-hydrogen) atoms. The summed E-state index contributed by atoms with van der Waals surface area (Å²) < 4.78 is 46.2. The van der Waals surface area contributed by atoms with E-state index in [1.54, 1.807) is 47.0 Å². The lowest BCUT2D eigenvalue weighted by molar-refractivity contribution is -0.137. The number of hydrogen-bond donors (Lipinski definition) is 1. The number of imidazole rings is 1. The molecule has 0 radical (unpaired) electrons. The van der Waals surface area contributed by atoms with Gasteiger partial charge in [0.25, 0.3) is 0 Å². The molecule has 0 bridgehead atoms. The fraction of sp³-hybridized carbons (Fsp3) is 0.174. The lowest BCUT2D eigenvalue weighted by Gasteiger charge is -2.09. The highest BCUT2D eigenvalue weighted by Gasteiger charge is 2.31. The summed E-state index contributed by atoms with van der Waals surface area (Å²) in [5.74, 6) is -0.0344. The van der Waals surface area contributed by atoms with E-state index in [2.05, 4.69) is 10.3 Å². The van der Waals surface area contributed by atoms with Crippen LogP contribution in [0, 0.1) is 0 Å². The SMILES string of the molecule is O=C(CCC(=O)c1ccccc1)Nc1nc2cc(C(F)(F)F)ccc2n1Cc1ccco1. The molecule has 6 nitrogen and oxygen atoms in total. The van der Waals surface area contributed by atoms with Gasteiger partial charge in [0.05, 0.1) is 29.4 Å². The monoisotopic (exact) mass is 441 g/mol. The fourth-order valence-electron chi connectivity index (χ4n) is 3.30. The number of halogens is 3. The molecule has 9 heteroatoms. The average molecular weight is 441 g/mol. The van der Waals surface area contributed by atoms with E-state index in [4.69, 9.17) is 4.42 Å². The molecular formula is C23H18F3N3O3. The summed E-state index contributed by atoms with van der Waals surface area (Å²) in [5.41, 5.74) is 0.163. The van der Waals surface area contributed by atoms with Gasteiger partial charge in [0, 0.05) is 18.4 Å². The zero-order valence-electron chi connectivity index (χ0n) is 16.7. The number of fused-ring (bicyclic) bond motifs is 1. The Kier molecular flexibility index (Phi) is 5.81. The van der Waals surface area contributed by atoms with E-state index in [-0.39, 0.29) is 36.6 Å². The summed E-state index contributed by atoms with van der Waals surface area (Å²) in [7, 11) is 0. The lowest BCUT2D eigenvalue weighted by Crippen LogP contribution is -2.17. The molecule has 2 heterocycles. The standard InChI is InChI=1S/C23H18F3N3O3/c24-23(25,26)16-8-9-19-18(13-16)27-22(29(19)14-17-7-4-12-32-17)28-21(31)11-10-20(30)15-5-2-1-3-6-15/h1-9,12-13H,10-11,14H2,(H,27,28,31). The summed E-state index contributed by atoms with van der Waals surface area (Å²) in [6, 6.07) is 15.2. The van der Waals surface area contributed by atoms with Gasteiger partial charge in [-0.3, -0.25) is 14.9 Å². The second-order valence-electron chi connectivity index (χ2n) is 7.14. The summed E-state index contributed by atoms with van der Waals surface area (Å²) >= 11 is 0. The van der Waals surface area contributed by atoms with Crippen molar-refractivity contribution < 1.29 is 27.2 Å². The van der Waals surface area contributed by atoms with Gasteiger partial charge in [-0.25, -0.2) is 4.98 Å². The molecule has 2 aromatic heterocycles. The number of aromatic nitrogens is 2. The number of ketones is 1. The second kappa shape index (κ2) is 8.70. The van der Waals surface area contributed by atoms with E-state index in [0.29, 0.717) is 16.8 Å². The number of amides is 1. The zero-order chi connectivity index (χ0) is 22.7. The first kappa shape index (κ1) is 21.4. The molecule has 0 saturated heterocycles. The molecule has 4 rings (SSSR count). The molecule has 2 aromatic carbocycles. The van der Waals surface area contributed by atoms with Crippen LogP contribution in [0.5, 0.6) is 0 Å². The van der Waals surface area contributed by atoms with Crippen molar-refractivity contribution in [2.75, 3.05) is 5.32 Å². The molecule has 0 aliphatic heterocycles. The Hall–Kier alpha value is -3.88. The molecule has 4 aromatic rings. The quantitative estimate of drug-likeness (QED) is 0.395. The minimum absolute atomic E-state index is 0.00746. The number of anilines is 1. The summed E-state index contributed by atoms with van der Waals surface area (Å²) in [4.78, 5) is 28.9. The van der Waals surface area contributed by atoms with Gasteiger partial charge in [0.1, 0.15) is 5.76 Å². The molecule has 0 atom stereocenters. The number of carbonyl (C=O) groups excluding carboxylic acids is 2. The van der Waals surface area contributed by atoms with Gasteiger partial charge in [0.15, 0.2) is 5.78 Å². The number of nitrogens with zero attached hydrogens (tertiary/aromatic N) is 2. The van der Waals surface area contributed by atoms with Gasteiger partial charge in [-0.2, -0.15) is 13.2 Å². The van der Waals surface area contributed by atoms with Crippen molar-refractivity contribution in [1.29, 1.82) is 0 Å². The van der Waals surface area contributed by atoms with Crippen molar-refractivity contribution in [3.05, 3.63) is 83.8 Å². The van der Waals surface area contributed by atoms with Crippen molar-refractivity contribution in [3.63, 3.8) is 0 Å². The summed E-state index contributed by atoms with van der Waals surface area (Å²) in [6.07, 6.45) is -3.14. The first-order valence-corrected chi connectivity index (χ1v) is 9.79. The molecule has 0 unspecified atom stereocenters. The molecule has 0 saturated carbocycles. The third-order valence-electron chi connectivity index (χ3n) is 4.90. The third kappa shape index (κ3) is 4.72. The van der Waals surface area contributed by atoms with E-state index < -0.39 is 17.6 Å². The van der Waals surface area contributed by atoms with Crippen LogP contribution in [0.2, 0.25) is 0 Å². The highest BCUT2D eigenvalue weighted by Crippen LogP contribution is 2.32. The van der Waals surface area contributed by atoms with Crippen LogP contribution in [0.25, 0.3) is 11.0 Å². The number of alkyl halides is 3. The summed E-state index contributed by atoms with van der Waals surface area (Å²) in [6.45, 7) is 0.160. The van der Waals surface area contributed by atoms with Crippen LogP contribution in [-0.2, 0) is 17.5 Å². The van der Waals surface area contributed by atoms with Crippen molar-refractivity contribution >= 4 is 28.7 Å². The highest BCUT2D eigenvalue weighted by atomic mass is 19.4. The van der Waals surface area contributed by atoms with Crippen molar-refractivity contribution in [1.82, 2.24) is 9.55 Å². The number of Topliss-reactive ketones (excluding diaryl/α,β-unsaturated/α-hetero) is 1. The van der Waals surface area contributed by atoms with Gasteiger partial charge in [0.2, 0.25) is 11.9 Å². The van der Waals surface area contributed by atoms with Crippen LogP contribution in [-0.4, -0.2) is 21.2 Å². The Labute approximate surface area is 180 Å². The Balaban J connectivity index is 1.57. The predicted octanol–water partition coefficient (Wildman–Crippen LogP) is 5.30. The number of rotatable bonds is 7. The van der Waals surface area contributed by atoms with E-state index in [1.807, 2.05) is 0 Å². The summed E-state index contributed by atoms with van der Waals surface area (Å²) in [5, 5.41) is 2.62. The Morgan fingerprint density at radius 2 is 1.78 bits per heavy atom. The van der Waals surface area contributed by atoms with E-state index in [1.165, 1.54) is 12.3 Å². The highest BCUT2D eigenvalue weighted by molar-refractivity contribution is 6.00. The molecule has 0 fully saturated rings. The smallest absolute Gasteiger partial charge is 0.416 e. The van der Waals surface area contributed by atoms with Gasteiger partial charge >= 0.3 is 6.18 Å². The van der Waals surface area contributed by atoms with Crippen LogP contribution in [0.15, 0.2) is 71.3 Å². The number of furan rings is 1. The maximum Gasteiger partial charge on any atom is 0.416 e. The maximum atomic E-state index is 13.1. The van der Waals surface area contributed by atoms with Crippen LogP contribution < -0.4 is 5.32 Å². The fourth-order valence-corrected chi connectivity index (χ4v) is 3.30. The third-order valence-corrected chi connectivity index (χ3v) is 4.90. The van der Waals surface area contributed by atoms with Gasteiger partial charge in [-0.1, -0.05) is 30.3 Å². The molecule has 1 amide bonds. The molecule has 1 N–H and O–H groups in total. The maximum absolute atomic E-state index is 13.1. The largest absolute Gasteiger partial charge is 0.467 e. The minimum atomic E-state index is -4.51. The van der Waals surface area contributed by atoms with Crippen LogP contribution in [0.1, 0.15) is 34.5 Å². The van der Waals surface area contributed by atoms with Gasteiger partial charge in [-0.05, 0) is 30.3 Å². The van der Waals surface area contributed by atoms with Crippen LogP contribution in [0.4, 0.5) is 19.1 Å². The molecular weight excluding hydrogens is 423 g/mol. The minimum Gasteiger partial charge on any atom is -0.467 e. The van der Waals surface area contributed by atoms with Crippen molar-refractivity contribution in [2.24, 2.45) is 0 Å². The normalized spacial score (nSPS) is 11.6. The van der Waals surface area contributed by atoms with Crippen LogP contribution in [0.3, 0.4) is 0 Å². The van der Waals surface area contributed by atoms with Gasteiger partial charge in [-0.15, -0.1) is 0 Å². The number of nitrogens with one attached hydrogen (secondary N) is 1. The van der Waals surface area contributed by atoms with Gasteiger partial charge < -0.3 is 8.98 Å². The predicted molar refractivity (Wildman–Crippen MR) is 111 cm³/mol. The Morgan fingerprint density at radius 3 is 2.47 bits per heavy atom. The molecule has 0 aliphatic rings. The topological polar surface area (TPSA) is 77.1 Å². The van der Waals surface area contributed by atoms with E-state index in [0.717, 1.165) is 12.1 Å². The zero-order valence-corrected chi connectivity index (χ0v) is 16.7. The van der Waals surface area contributed by atoms with Crippen molar-refractivity contribution in [3.8, 4) is 0 Å². The number of benzene rings is 2. The second-order valence-corrected chi connectivity index (χ2v) is 7.14. The van der Waals surface area contributed by atoms with E-state index >= 15 is 0 Å². The number of carbonyl (C=O) groups is 2. The molecule has 0 aliphatic carbocycles. The average Bonchev–Trinajstić information content (AvgIpc) is 3.40. The molecule has 164 valence electrons. The number of hydrogen-bond acceptors (Lipinski definition) is 4.